The van der Waals surface area contributed by atoms with Crippen molar-refractivity contribution in [3.05, 3.63) is 0 Å². The highest BCUT2D eigenvalue weighted by Crippen LogP contribution is 2.35. The molecule has 0 rings (SSSR count). The van der Waals surface area contributed by atoms with Crippen LogP contribution in [0.5, 0.6) is 0 Å². The zero-order chi connectivity index (χ0) is 19.1. The second-order valence-corrected chi connectivity index (χ2v) is 8.16. The van der Waals surface area contributed by atoms with Crippen LogP contribution >= 0.6 is 7.37 Å². The number of carbonyl (C=O) groups is 4. The average Bonchev–Trinajstić information content (AvgIpc) is 2.41. The zero-order valence-corrected chi connectivity index (χ0v) is 14.9. The summed E-state index contributed by atoms with van der Waals surface area (Å²) in [6, 6.07) is -3.24. The topological polar surface area (TPSA) is 162 Å². The highest BCUT2D eigenvalue weighted by Gasteiger charge is 2.26. The summed E-state index contributed by atoms with van der Waals surface area (Å²) in [6.07, 6.45) is -0.252. The van der Waals surface area contributed by atoms with E-state index in [0.29, 0.717) is 0 Å². The van der Waals surface area contributed by atoms with E-state index >= 15 is 0 Å². The van der Waals surface area contributed by atoms with Gasteiger partial charge in [-0.2, -0.15) is 0 Å². The molecular weight excluding hydrogens is 341 g/mol. The van der Waals surface area contributed by atoms with Gasteiger partial charge in [-0.15, -0.1) is 0 Å². The maximum atomic E-state index is 12.1. The van der Waals surface area contributed by atoms with Crippen LogP contribution in [-0.2, 0) is 23.7 Å². The molecule has 0 fully saturated rings. The van der Waals surface area contributed by atoms with Gasteiger partial charge in [-0.05, 0) is 20.3 Å². The van der Waals surface area contributed by atoms with Gasteiger partial charge in [0.05, 0.1) is 0 Å². The third kappa shape index (κ3) is 9.26. The van der Waals surface area contributed by atoms with Crippen LogP contribution in [0.15, 0.2) is 0 Å². The molecule has 24 heavy (non-hydrogen) atoms. The van der Waals surface area contributed by atoms with Gasteiger partial charge in [0.2, 0.25) is 17.7 Å². The number of hydrogen-bond acceptors (Lipinski definition) is 5. The molecule has 0 aliphatic rings. The van der Waals surface area contributed by atoms with Crippen molar-refractivity contribution in [3.63, 3.8) is 0 Å². The molecule has 11 heteroatoms. The largest absolute Gasteiger partial charge is 0.480 e. The van der Waals surface area contributed by atoms with E-state index in [1.165, 1.54) is 20.8 Å². The Hall–Kier alpha value is -1.93. The Morgan fingerprint density at radius 3 is 1.92 bits per heavy atom. The van der Waals surface area contributed by atoms with Crippen molar-refractivity contribution >= 4 is 31.1 Å². The smallest absolute Gasteiger partial charge is 0.325 e. The van der Waals surface area contributed by atoms with Gasteiger partial charge in [0, 0.05) is 19.8 Å². The molecule has 0 radical (unpaired) electrons. The monoisotopic (exact) mass is 365 g/mol. The minimum atomic E-state index is -3.36. The number of hydrogen-bond donors (Lipinski definition) is 5. The van der Waals surface area contributed by atoms with Gasteiger partial charge in [-0.3, -0.25) is 23.7 Å². The van der Waals surface area contributed by atoms with Gasteiger partial charge in [-0.1, -0.05) is 0 Å². The highest BCUT2D eigenvalue weighted by atomic mass is 31.2. The van der Waals surface area contributed by atoms with Crippen LogP contribution in [0.4, 0.5) is 0 Å². The van der Waals surface area contributed by atoms with E-state index in [1.54, 1.807) is 0 Å². The summed E-state index contributed by atoms with van der Waals surface area (Å²) in [5.74, 6) is -3.14. The molecular formula is C13H24N3O7P. The number of amides is 3. The lowest BCUT2D eigenvalue weighted by Gasteiger charge is -2.21. The van der Waals surface area contributed by atoms with Gasteiger partial charge >= 0.3 is 5.97 Å². The van der Waals surface area contributed by atoms with Gasteiger partial charge in [0.1, 0.15) is 18.1 Å². The van der Waals surface area contributed by atoms with E-state index in [1.807, 2.05) is 0 Å². The predicted molar refractivity (Wildman–Crippen MR) is 85.7 cm³/mol. The molecule has 0 aromatic carbocycles. The molecule has 0 aliphatic heterocycles. The molecule has 4 atom stereocenters. The first-order valence-electron chi connectivity index (χ1n) is 7.23. The molecule has 1 unspecified atom stereocenters. The van der Waals surface area contributed by atoms with Crippen LogP contribution in [-0.4, -0.2) is 64.6 Å². The fourth-order valence-electron chi connectivity index (χ4n) is 1.66. The molecule has 0 saturated heterocycles. The third-order valence-corrected chi connectivity index (χ3v) is 4.10. The number of rotatable bonds is 9. The van der Waals surface area contributed by atoms with Gasteiger partial charge < -0.3 is 26.0 Å². The normalized spacial score (nSPS) is 16.9. The maximum Gasteiger partial charge on any atom is 0.325 e. The second-order valence-electron chi connectivity index (χ2n) is 5.62. The van der Waals surface area contributed by atoms with E-state index < -0.39 is 49.2 Å². The number of aliphatic carboxylic acids is 1. The van der Waals surface area contributed by atoms with Crippen molar-refractivity contribution < 1.29 is 33.7 Å². The van der Waals surface area contributed by atoms with E-state index in [9.17, 15) is 28.6 Å². The predicted octanol–water partition coefficient (Wildman–Crippen LogP) is -1.12. The van der Waals surface area contributed by atoms with Gasteiger partial charge in [-0.25, -0.2) is 0 Å². The fourth-order valence-corrected chi connectivity index (χ4v) is 2.40. The Bertz CT molecular complexity index is 546. The first kappa shape index (κ1) is 22.1. The first-order chi connectivity index (χ1) is 10.8. The lowest BCUT2D eigenvalue weighted by Crippen LogP contribution is -2.54. The van der Waals surface area contributed by atoms with Crippen LogP contribution in [0.2, 0.25) is 0 Å². The molecule has 10 nitrogen and oxygen atoms in total. The molecule has 138 valence electrons. The summed E-state index contributed by atoms with van der Waals surface area (Å²) < 4.78 is 11.3. The van der Waals surface area contributed by atoms with Crippen LogP contribution in [0.3, 0.4) is 0 Å². The Balaban J connectivity index is 4.78. The Morgan fingerprint density at radius 2 is 1.50 bits per heavy atom. The number of nitrogens with one attached hydrogen (secondary N) is 3. The second kappa shape index (κ2) is 9.39. The van der Waals surface area contributed by atoms with Gasteiger partial charge in [0.15, 0.2) is 7.37 Å². The summed E-state index contributed by atoms with van der Waals surface area (Å²) in [7, 11) is -3.36. The van der Waals surface area contributed by atoms with Crippen molar-refractivity contribution in [1.82, 2.24) is 16.0 Å². The van der Waals surface area contributed by atoms with Crippen molar-refractivity contribution in [3.8, 4) is 0 Å². The molecule has 0 bridgehead atoms. The Kier molecular flexibility index (Phi) is 8.63. The minimum absolute atomic E-state index is 0.0739. The Labute approximate surface area is 139 Å². The Morgan fingerprint density at radius 1 is 1.00 bits per heavy atom. The molecule has 0 aromatic rings. The van der Waals surface area contributed by atoms with Crippen molar-refractivity contribution in [2.75, 3.05) is 12.8 Å². The van der Waals surface area contributed by atoms with E-state index in [4.69, 9.17) is 5.11 Å². The highest BCUT2D eigenvalue weighted by molar-refractivity contribution is 7.57. The number of carboxylic acids is 1. The molecule has 0 heterocycles. The zero-order valence-electron chi connectivity index (χ0n) is 14.0. The molecule has 0 saturated carbocycles. The standard InChI is InChI=1S/C13H24N3O7P/c1-7(11(18)15-8(2)13(20)21)14-12(19)10(16-9(3)17)5-6-24(4,22)23/h7-8,10H,5-6H2,1-4H3,(H,14,19)(H,15,18)(H,16,17)(H,20,21)(H,22,23)/t7-,8-,10-/m0/s1. The molecule has 0 aromatic heterocycles. The summed E-state index contributed by atoms with van der Waals surface area (Å²) in [5, 5.41) is 15.6. The van der Waals surface area contributed by atoms with Crippen molar-refractivity contribution in [2.24, 2.45) is 0 Å². The SMILES string of the molecule is CC(=O)N[C@@H](CCP(C)(=O)O)C(=O)N[C@@H](C)C(=O)N[C@@H](C)C(=O)O. The molecule has 5 N–H and O–H groups in total. The van der Waals surface area contributed by atoms with Gasteiger partial charge in [0.25, 0.3) is 0 Å². The summed E-state index contributed by atoms with van der Waals surface area (Å²) in [4.78, 5) is 55.1. The maximum absolute atomic E-state index is 12.1. The lowest BCUT2D eigenvalue weighted by atomic mass is 10.2. The van der Waals surface area contributed by atoms with Crippen molar-refractivity contribution in [2.45, 2.75) is 45.3 Å². The van der Waals surface area contributed by atoms with Crippen LogP contribution < -0.4 is 16.0 Å². The van der Waals surface area contributed by atoms with Crippen LogP contribution in [0.25, 0.3) is 0 Å². The number of carbonyl (C=O) groups excluding carboxylic acids is 3. The quantitative estimate of drug-likeness (QED) is 0.323. The summed E-state index contributed by atoms with van der Waals surface area (Å²) in [6.45, 7) is 4.95. The first-order valence-corrected chi connectivity index (χ1v) is 9.52. The van der Waals surface area contributed by atoms with E-state index in [0.717, 1.165) is 6.66 Å². The van der Waals surface area contributed by atoms with E-state index in [2.05, 4.69) is 16.0 Å². The van der Waals surface area contributed by atoms with Crippen LogP contribution in [0, 0.1) is 0 Å². The van der Waals surface area contributed by atoms with Crippen molar-refractivity contribution in [1.29, 1.82) is 0 Å². The number of carboxylic acid groups (broad SMARTS) is 1. The fraction of sp³-hybridized carbons (Fsp3) is 0.692. The molecule has 0 aliphatic carbocycles. The minimum Gasteiger partial charge on any atom is -0.480 e. The lowest BCUT2D eigenvalue weighted by molar-refractivity contribution is -0.141. The summed E-state index contributed by atoms with van der Waals surface area (Å²) >= 11 is 0. The molecule has 0 spiro atoms. The van der Waals surface area contributed by atoms with E-state index in [-0.39, 0.29) is 12.6 Å². The van der Waals surface area contributed by atoms with Crippen LogP contribution in [0.1, 0.15) is 27.2 Å². The molecule has 3 amide bonds. The third-order valence-electron chi connectivity index (χ3n) is 3.01. The average molecular weight is 365 g/mol. The summed E-state index contributed by atoms with van der Waals surface area (Å²) in [5.41, 5.74) is 0.